The summed E-state index contributed by atoms with van der Waals surface area (Å²) in [6.45, 7) is 0. The zero-order valence-corrected chi connectivity index (χ0v) is 21.6. The number of nitrogens with zero attached hydrogens (tertiary/aromatic N) is 3. The zero-order valence-electron chi connectivity index (χ0n) is 21.6. The average Bonchev–Trinajstić information content (AvgIpc) is 3.53. The van der Waals surface area contributed by atoms with Gasteiger partial charge in [0.1, 0.15) is 0 Å². The summed E-state index contributed by atoms with van der Waals surface area (Å²) in [4.78, 5) is 0. The van der Waals surface area contributed by atoms with Gasteiger partial charge in [-0.2, -0.15) is 5.26 Å². The van der Waals surface area contributed by atoms with E-state index >= 15 is 0 Å². The lowest BCUT2D eigenvalue weighted by atomic mass is 10.1. The van der Waals surface area contributed by atoms with Crippen LogP contribution in [-0.2, 0) is 0 Å². The molecule has 0 spiro atoms. The largest absolute Gasteiger partial charge is 0.309 e. The molecular weight excluding hydrogens is 486 g/mol. The first-order valence-corrected chi connectivity index (χ1v) is 13.4. The van der Waals surface area contributed by atoms with Crippen LogP contribution in [0.4, 0.5) is 0 Å². The molecule has 0 saturated heterocycles. The normalized spacial score (nSPS) is 11.5. The van der Waals surface area contributed by atoms with Crippen LogP contribution in [0.25, 0.3) is 66.1 Å². The van der Waals surface area contributed by atoms with E-state index in [0.717, 1.165) is 38.7 Å². The van der Waals surface area contributed by atoms with Gasteiger partial charge in [-0.15, -0.1) is 0 Å². The summed E-state index contributed by atoms with van der Waals surface area (Å²) < 4.78 is 4.64. The van der Waals surface area contributed by atoms with Gasteiger partial charge in [-0.1, -0.05) is 84.9 Å². The maximum atomic E-state index is 9.73. The third-order valence-electron chi connectivity index (χ3n) is 7.93. The summed E-state index contributed by atoms with van der Waals surface area (Å²) in [6.07, 6.45) is 0. The molecule has 3 heteroatoms. The van der Waals surface area contributed by atoms with Crippen LogP contribution in [0.5, 0.6) is 0 Å². The molecule has 2 heterocycles. The molecule has 0 aliphatic rings. The Labute approximate surface area is 231 Å². The van der Waals surface area contributed by atoms with Crippen molar-refractivity contribution < 1.29 is 0 Å². The fourth-order valence-corrected chi connectivity index (χ4v) is 6.15. The monoisotopic (exact) mass is 509 g/mol. The van der Waals surface area contributed by atoms with Crippen LogP contribution in [0, 0.1) is 11.3 Å². The molecular formula is C37H23N3. The summed E-state index contributed by atoms with van der Waals surface area (Å²) in [6, 6.07) is 51.3. The minimum absolute atomic E-state index is 0.651. The Morgan fingerprint density at radius 1 is 0.400 bits per heavy atom. The molecule has 40 heavy (non-hydrogen) atoms. The quantitative estimate of drug-likeness (QED) is 0.233. The minimum Gasteiger partial charge on any atom is -0.309 e. The predicted molar refractivity (Wildman–Crippen MR) is 165 cm³/mol. The first kappa shape index (κ1) is 22.4. The maximum Gasteiger partial charge on any atom is 0.0992 e. The summed E-state index contributed by atoms with van der Waals surface area (Å²) in [5.74, 6) is 0. The number of benzene rings is 6. The van der Waals surface area contributed by atoms with Crippen LogP contribution in [0.3, 0.4) is 0 Å². The number of hydrogen-bond donors (Lipinski definition) is 0. The number of nitriles is 1. The Hall–Kier alpha value is -5.59. The number of hydrogen-bond acceptors (Lipinski definition) is 1. The molecule has 2 aromatic heterocycles. The fourth-order valence-electron chi connectivity index (χ4n) is 6.15. The zero-order chi connectivity index (χ0) is 26.6. The molecule has 0 atom stereocenters. The highest BCUT2D eigenvalue weighted by Gasteiger charge is 2.17. The van der Waals surface area contributed by atoms with Gasteiger partial charge in [-0.3, -0.25) is 0 Å². The lowest BCUT2D eigenvalue weighted by Gasteiger charge is -2.11. The van der Waals surface area contributed by atoms with Crippen LogP contribution >= 0.6 is 0 Å². The molecule has 0 aliphatic carbocycles. The van der Waals surface area contributed by atoms with Gasteiger partial charge in [0.15, 0.2) is 0 Å². The van der Waals surface area contributed by atoms with Gasteiger partial charge < -0.3 is 9.13 Å². The Balaban J connectivity index is 1.42. The molecule has 3 nitrogen and oxygen atoms in total. The van der Waals surface area contributed by atoms with E-state index in [1.165, 1.54) is 27.4 Å². The van der Waals surface area contributed by atoms with Gasteiger partial charge in [0.05, 0.1) is 33.7 Å². The number of aromatic nitrogens is 2. The van der Waals surface area contributed by atoms with E-state index in [1.54, 1.807) is 0 Å². The maximum absolute atomic E-state index is 9.73. The third-order valence-corrected chi connectivity index (χ3v) is 7.93. The topological polar surface area (TPSA) is 33.6 Å². The second-order valence-electron chi connectivity index (χ2n) is 10.2. The number of fused-ring (bicyclic) bond motifs is 6. The van der Waals surface area contributed by atoms with Crippen LogP contribution in [0.1, 0.15) is 5.56 Å². The van der Waals surface area contributed by atoms with Crippen molar-refractivity contribution in [2.75, 3.05) is 0 Å². The van der Waals surface area contributed by atoms with Crippen molar-refractivity contribution in [3.63, 3.8) is 0 Å². The molecule has 0 radical (unpaired) electrons. The molecule has 0 amide bonds. The second-order valence-corrected chi connectivity index (χ2v) is 10.2. The fraction of sp³-hybridized carbons (Fsp3) is 0. The van der Waals surface area contributed by atoms with E-state index in [2.05, 4.69) is 137 Å². The summed E-state index contributed by atoms with van der Waals surface area (Å²) in [5.41, 5.74) is 9.69. The lowest BCUT2D eigenvalue weighted by Crippen LogP contribution is -1.96. The third kappa shape index (κ3) is 3.30. The lowest BCUT2D eigenvalue weighted by molar-refractivity contribution is 1.16. The van der Waals surface area contributed by atoms with Gasteiger partial charge in [-0.25, -0.2) is 0 Å². The van der Waals surface area contributed by atoms with Crippen LogP contribution in [0.15, 0.2) is 140 Å². The van der Waals surface area contributed by atoms with Crippen molar-refractivity contribution in [3.8, 4) is 28.6 Å². The van der Waals surface area contributed by atoms with Crippen LogP contribution in [-0.4, -0.2) is 9.13 Å². The first-order valence-electron chi connectivity index (χ1n) is 13.4. The highest BCUT2D eigenvalue weighted by atomic mass is 15.0. The Morgan fingerprint density at radius 2 is 1.00 bits per heavy atom. The van der Waals surface area contributed by atoms with E-state index < -0.39 is 0 Å². The highest BCUT2D eigenvalue weighted by molar-refractivity contribution is 6.12. The van der Waals surface area contributed by atoms with E-state index in [4.69, 9.17) is 0 Å². The van der Waals surface area contributed by atoms with Gasteiger partial charge in [0, 0.05) is 32.9 Å². The van der Waals surface area contributed by atoms with Gasteiger partial charge in [0.25, 0.3) is 0 Å². The van der Waals surface area contributed by atoms with Crippen LogP contribution in [0.2, 0.25) is 0 Å². The van der Waals surface area contributed by atoms with Crippen LogP contribution < -0.4 is 0 Å². The standard InChI is InChI=1S/C37H23N3/c38-24-25-17-19-32-33-23-29(39-34-15-6-4-13-30(34)31-14-5-7-16-35(31)39)18-20-36(33)40(37(32)21-25)28-12-8-11-27(22-28)26-9-2-1-3-10-26/h1-23H. The molecule has 0 fully saturated rings. The molecule has 186 valence electrons. The average molecular weight is 510 g/mol. The van der Waals surface area contributed by atoms with E-state index in [1.807, 2.05) is 18.2 Å². The van der Waals surface area contributed by atoms with E-state index in [-0.39, 0.29) is 0 Å². The molecule has 0 N–H and O–H groups in total. The van der Waals surface area contributed by atoms with Gasteiger partial charge >= 0.3 is 0 Å². The van der Waals surface area contributed by atoms with Crippen molar-refractivity contribution >= 4 is 43.6 Å². The Bertz CT molecular complexity index is 2220. The second kappa shape index (κ2) is 8.73. The Morgan fingerprint density at radius 3 is 1.75 bits per heavy atom. The van der Waals surface area contributed by atoms with Crippen molar-refractivity contribution in [2.24, 2.45) is 0 Å². The summed E-state index contributed by atoms with van der Waals surface area (Å²) in [7, 11) is 0. The van der Waals surface area contributed by atoms with Gasteiger partial charge in [-0.05, 0) is 65.7 Å². The minimum atomic E-state index is 0.651. The molecule has 0 saturated carbocycles. The van der Waals surface area contributed by atoms with Crippen molar-refractivity contribution in [1.82, 2.24) is 9.13 Å². The molecule has 6 aromatic carbocycles. The van der Waals surface area contributed by atoms with E-state index in [0.29, 0.717) is 5.56 Å². The van der Waals surface area contributed by atoms with Crippen molar-refractivity contribution in [3.05, 3.63) is 145 Å². The molecule has 8 rings (SSSR count). The predicted octanol–water partition coefficient (Wildman–Crippen LogP) is 9.42. The number of para-hydroxylation sites is 2. The first-order chi connectivity index (χ1) is 19.8. The Kier molecular flexibility index (Phi) is 4.89. The molecule has 8 aromatic rings. The molecule has 0 unspecified atom stereocenters. The SMILES string of the molecule is N#Cc1ccc2c3cc(-n4c5ccccc5c5ccccc54)ccc3n(-c3cccc(-c4ccccc4)c3)c2c1. The molecule has 0 bridgehead atoms. The highest BCUT2D eigenvalue weighted by Crippen LogP contribution is 2.37. The summed E-state index contributed by atoms with van der Waals surface area (Å²) in [5, 5.41) is 14.5. The van der Waals surface area contributed by atoms with Crippen molar-refractivity contribution in [2.45, 2.75) is 0 Å². The smallest absolute Gasteiger partial charge is 0.0992 e. The molecule has 0 aliphatic heterocycles. The summed E-state index contributed by atoms with van der Waals surface area (Å²) >= 11 is 0. The van der Waals surface area contributed by atoms with E-state index in [9.17, 15) is 5.26 Å². The number of rotatable bonds is 3. The van der Waals surface area contributed by atoms with Gasteiger partial charge in [0.2, 0.25) is 0 Å². The van der Waals surface area contributed by atoms with Crippen molar-refractivity contribution in [1.29, 1.82) is 5.26 Å².